The van der Waals surface area contributed by atoms with Gasteiger partial charge in [0.1, 0.15) is 0 Å². The van der Waals surface area contributed by atoms with Gasteiger partial charge in [0.15, 0.2) is 6.10 Å². The maximum atomic E-state index is 10.2. The highest BCUT2D eigenvalue weighted by Gasteiger charge is 2.27. The molecule has 3 unspecified atom stereocenters. The molecule has 0 heterocycles. The van der Waals surface area contributed by atoms with Crippen LogP contribution in [0.5, 0.6) is 0 Å². The van der Waals surface area contributed by atoms with Crippen molar-refractivity contribution < 1.29 is 20.1 Å². The normalized spacial score (nSPS) is 18.3. The third-order valence-corrected chi connectivity index (χ3v) is 1.90. The zero-order chi connectivity index (χ0) is 9.72. The van der Waals surface area contributed by atoms with Crippen molar-refractivity contribution in [3.63, 3.8) is 0 Å². The minimum absolute atomic E-state index is 0.180. The van der Waals surface area contributed by atoms with Crippen molar-refractivity contribution in [1.82, 2.24) is 0 Å². The molecule has 0 spiro atoms. The van der Waals surface area contributed by atoms with Crippen molar-refractivity contribution in [2.45, 2.75) is 38.9 Å². The second-order valence-corrected chi connectivity index (χ2v) is 3.04. The molecule has 0 amide bonds. The van der Waals surface area contributed by atoms with Gasteiger partial charge in [-0.2, -0.15) is 0 Å². The van der Waals surface area contributed by atoms with Gasteiger partial charge in [0.05, 0.1) is 6.10 Å². The number of aliphatic hydroxyl groups is 2. The zero-order valence-electron chi connectivity index (χ0n) is 7.40. The van der Waals surface area contributed by atoms with Crippen molar-refractivity contribution in [1.29, 1.82) is 0 Å². The Kier molecular flexibility index (Phi) is 4.85. The smallest absolute Gasteiger partial charge is 0.335 e. The number of hydrogen-bond donors (Lipinski definition) is 3. The molecule has 0 radical (unpaired) electrons. The fraction of sp³-hybridized carbons (Fsp3) is 0.875. The van der Waals surface area contributed by atoms with Crippen molar-refractivity contribution in [3.8, 4) is 0 Å². The third kappa shape index (κ3) is 3.19. The summed E-state index contributed by atoms with van der Waals surface area (Å²) in [4.78, 5) is 10.2. The van der Waals surface area contributed by atoms with E-state index in [-0.39, 0.29) is 5.92 Å². The predicted octanol–water partition coefficient (Wildman–Crippen LogP) is 0.229. The largest absolute Gasteiger partial charge is 0.479 e. The van der Waals surface area contributed by atoms with Gasteiger partial charge in [0.25, 0.3) is 0 Å². The molecule has 12 heavy (non-hydrogen) atoms. The molecule has 3 N–H and O–H groups in total. The van der Waals surface area contributed by atoms with E-state index in [1.165, 1.54) is 0 Å². The molecule has 4 nitrogen and oxygen atoms in total. The van der Waals surface area contributed by atoms with Crippen LogP contribution >= 0.6 is 0 Å². The SMILES string of the molecule is CCCC(C)C(O)C(O)C(=O)O. The number of aliphatic carboxylic acids is 1. The lowest BCUT2D eigenvalue weighted by Crippen LogP contribution is -2.38. The summed E-state index contributed by atoms with van der Waals surface area (Å²) >= 11 is 0. The molecule has 0 fully saturated rings. The average Bonchev–Trinajstić information content (AvgIpc) is 2.02. The van der Waals surface area contributed by atoms with Gasteiger partial charge >= 0.3 is 5.97 Å². The number of carboxylic acids is 1. The highest BCUT2D eigenvalue weighted by atomic mass is 16.4. The summed E-state index contributed by atoms with van der Waals surface area (Å²) in [6.07, 6.45) is -1.25. The molecule has 0 bridgehead atoms. The topological polar surface area (TPSA) is 77.8 Å². The third-order valence-electron chi connectivity index (χ3n) is 1.90. The maximum Gasteiger partial charge on any atom is 0.335 e. The Balaban J connectivity index is 3.99. The fourth-order valence-electron chi connectivity index (χ4n) is 1.08. The Bertz CT molecular complexity index is 146. The van der Waals surface area contributed by atoms with Gasteiger partial charge in [-0.05, 0) is 12.3 Å². The van der Waals surface area contributed by atoms with E-state index in [4.69, 9.17) is 10.2 Å². The van der Waals surface area contributed by atoms with Crippen LogP contribution < -0.4 is 0 Å². The van der Waals surface area contributed by atoms with Crippen LogP contribution in [0.15, 0.2) is 0 Å². The second-order valence-electron chi connectivity index (χ2n) is 3.04. The number of hydrogen-bond acceptors (Lipinski definition) is 3. The first-order chi connectivity index (χ1) is 5.50. The van der Waals surface area contributed by atoms with E-state index in [0.717, 1.165) is 6.42 Å². The Labute approximate surface area is 71.8 Å². The summed E-state index contributed by atoms with van der Waals surface area (Å²) in [5, 5.41) is 26.6. The van der Waals surface area contributed by atoms with Gasteiger partial charge in [-0.15, -0.1) is 0 Å². The molecule has 0 aromatic heterocycles. The molecule has 0 rings (SSSR count). The first-order valence-electron chi connectivity index (χ1n) is 4.09. The summed E-state index contributed by atoms with van der Waals surface area (Å²) < 4.78 is 0. The van der Waals surface area contributed by atoms with Crippen LogP contribution in [-0.4, -0.2) is 33.5 Å². The molecule has 0 aliphatic rings. The monoisotopic (exact) mass is 176 g/mol. The number of carboxylic acid groups (broad SMARTS) is 1. The van der Waals surface area contributed by atoms with E-state index in [2.05, 4.69) is 0 Å². The van der Waals surface area contributed by atoms with E-state index in [9.17, 15) is 9.90 Å². The Morgan fingerprint density at radius 3 is 2.25 bits per heavy atom. The van der Waals surface area contributed by atoms with Gasteiger partial charge in [0.2, 0.25) is 0 Å². The minimum Gasteiger partial charge on any atom is -0.479 e. The second kappa shape index (κ2) is 5.11. The van der Waals surface area contributed by atoms with Crippen LogP contribution in [0.25, 0.3) is 0 Å². The van der Waals surface area contributed by atoms with E-state index >= 15 is 0 Å². The number of carbonyl (C=O) groups is 1. The fourth-order valence-corrected chi connectivity index (χ4v) is 1.08. The maximum absolute atomic E-state index is 10.2. The van der Waals surface area contributed by atoms with Gasteiger partial charge in [-0.1, -0.05) is 20.3 Å². The van der Waals surface area contributed by atoms with Crippen LogP contribution in [0, 0.1) is 5.92 Å². The summed E-state index contributed by atoms with van der Waals surface area (Å²) in [5.41, 5.74) is 0. The van der Waals surface area contributed by atoms with Crippen LogP contribution in [-0.2, 0) is 4.79 Å². The molecule has 0 aromatic carbocycles. The van der Waals surface area contributed by atoms with Crippen molar-refractivity contribution in [2.24, 2.45) is 5.92 Å². The van der Waals surface area contributed by atoms with Crippen LogP contribution in [0.3, 0.4) is 0 Å². The minimum atomic E-state index is -1.66. The molecule has 3 atom stereocenters. The van der Waals surface area contributed by atoms with E-state index in [1.54, 1.807) is 6.92 Å². The Hall–Kier alpha value is -0.610. The average molecular weight is 176 g/mol. The highest BCUT2D eigenvalue weighted by molar-refractivity contribution is 5.72. The molecule has 0 aromatic rings. The van der Waals surface area contributed by atoms with Crippen LogP contribution in [0.4, 0.5) is 0 Å². The standard InChI is InChI=1S/C8H16O4/c1-3-4-5(2)6(9)7(10)8(11)12/h5-7,9-10H,3-4H2,1-2H3,(H,11,12). The van der Waals surface area contributed by atoms with Crippen molar-refractivity contribution >= 4 is 5.97 Å². The van der Waals surface area contributed by atoms with Crippen molar-refractivity contribution in [3.05, 3.63) is 0 Å². The van der Waals surface area contributed by atoms with Crippen LogP contribution in [0.2, 0.25) is 0 Å². The lowest BCUT2D eigenvalue weighted by molar-refractivity contribution is -0.154. The Morgan fingerprint density at radius 2 is 1.92 bits per heavy atom. The summed E-state index contributed by atoms with van der Waals surface area (Å²) in [6.45, 7) is 3.66. The lowest BCUT2D eigenvalue weighted by Gasteiger charge is -2.20. The molecule has 4 heteroatoms. The molecule has 0 aliphatic heterocycles. The lowest BCUT2D eigenvalue weighted by atomic mass is 9.95. The summed E-state index contributed by atoms with van der Waals surface area (Å²) in [6, 6.07) is 0. The quantitative estimate of drug-likeness (QED) is 0.560. The first kappa shape index (κ1) is 11.4. The molecule has 72 valence electrons. The molecule has 0 saturated heterocycles. The van der Waals surface area contributed by atoms with E-state index in [1.807, 2.05) is 6.92 Å². The van der Waals surface area contributed by atoms with Gasteiger partial charge in [0, 0.05) is 0 Å². The number of rotatable bonds is 5. The molecular weight excluding hydrogens is 160 g/mol. The molecule has 0 aliphatic carbocycles. The zero-order valence-corrected chi connectivity index (χ0v) is 7.40. The van der Waals surface area contributed by atoms with Crippen LogP contribution in [0.1, 0.15) is 26.7 Å². The van der Waals surface area contributed by atoms with Gasteiger partial charge < -0.3 is 15.3 Å². The van der Waals surface area contributed by atoms with E-state index in [0.29, 0.717) is 6.42 Å². The van der Waals surface area contributed by atoms with E-state index < -0.39 is 18.2 Å². The van der Waals surface area contributed by atoms with Crippen molar-refractivity contribution in [2.75, 3.05) is 0 Å². The number of aliphatic hydroxyl groups excluding tert-OH is 2. The van der Waals surface area contributed by atoms with Gasteiger partial charge in [-0.25, -0.2) is 4.79 Å². The van der Waals surface area contributed by atoms with Gasteiger partial charge in [-0.3, -0.25) is 0 Å². The highest BCUT2D eigenvalue weighted by Crippen LogP contribution is 2.13. The summed E-state index contributed by atoms with van der Waals surface area (Å²) in [7, 11) is 0. The molecular formula is C8H16O4. The molecule has 0 saturated carbocycles. The first-order valence-corrected chi connectivity index (χ1v) is 4.09. The summed E-state index contributed by atoms with van der Waals surface area (Å²) in [5.74, 6) is -1.55. The predicted molar refractivity (Wildman–Crippen MR) is 43.7 cm³/mol. The Morgan fingerprint density at radius 1 is 1.42 bits per heavy atom.